The second kappa shape index (κ2) is 6.76. The molecule has 2 unspecified atom stereocenters. The van der Waals surface area contributed by atoms with Crippen LogP contribution in [0.1, 0.15) is 40.5 Å². The number of rotatable bonds is 4. The van der Waals surface area contributed by atoms with Crippen LogP contribution in [0.5, 0.6) is 0 Å². The number of hydrogen-bond acceptors (Lipinski definition) is 4. The van der Waals surface area contributed by atoms with Gasteiger partial charge in [-0.2, -0.15) is 0 Å². The van der Waals surface area contributed by atoms with E-state index in [1.165, 1.54) is 0 Å². The molecule has 1 amide bonds. The van der Waals surface area contributed by atoms with Gasteiger partial charge in [-0.3, -0.25) is 0 Å². The molecule has 0 aliphatic carbocycles. The summed E-state index contributed by atoms with van der Waals surface area (Å²) in [6, 6.07) is 0. The number of nitrogens with zero attached hydrogens (tertiary/aromatic N) is 1. The van der Waals surface area contributed by atoms with E-state index in [0.717, 1.165) is 25.9 Å². The number of piperidine rings is 1. The van der Waals surface area contributed by atoms with Crippen molar-refractivity contribution in [3.8, 4) is 0 Å². The molecule has 118 valence electrons. The quantitative estimate of drug-likeness (QED) is 0.861. The zero-order chi connectivity index (χ0) is 15.4. The molecule has 1 rings (SSSR count). The van der Waals surface area contributed by atoms with Crippen LogP contribution < -0.4 is 5.32 Å². The van der Waals surface area contributed by atoms with Crippen LogP contribution in [0.15, 0.2) is 0 Å². The summed E-state index contributed by atoms with van der Waals surface area (Å²) in [4.78, 5) is 14.0. The summed E-state index contributed by atoms with van der Waals surface area (Å²) in [6.45, 7) is 10.0. The molecule has 0 radical (unpaired) electrons. The maximum Gasteiger partial charge on any atom is 0.410 e. The Morgan fingerprint density at radius 3 is 2.50 bits per heavy atom. The smallest absolute Gasteiger partial charge is 0.410 e. The van der Waals surface area contributed by atoms with Gasteiger partial charge in [0, 0.05) is 32.7 Å². The first kappa shape index (κ1) is 17.2. The van der Waals surface area contributed by atoms with Gasteiger partial charge in [0.2, 0.25) is 0 Å². The second-order valence-corrected chi connectivity index (χ2v) is 6.81. The zero-order valence-corrected chi connectivity index (χ0v) is 13.8. The predicted molar refractivity (Wildman–Crippen MR) is 79.9 cm³/mol. The molecule has 0 aromatic carbocycles. The molecule has 1 fully saturated rings. The Kier molecular flexibility index (Phi) is 5.83. The number of carbonyl (C=O) groups excluding carboxylic acids is 1. The van der Waals surface area contributed by atoms with Gasteiger partial charge in [0.1, 0.15) is 5.60 Å². The first-order valence-electron chi connectivity index (χ1n) is 7.39. The van der Waals surface area contributed by atoms with Crippen molar-refractivity contribution in [1.82, 2.24) is 10.2 Å². The highest BCUT2D eigenvalue weighted by molar-refractivity contribution is 5.68. The minimum atomic E-state index is -0.445. The Morgan fingerprint density at radius 1 is 1.35 bits per heavy atom. The number of amides is 1. The molecule has 1 saturated heterocycles. The summed E-state index contributed by atoms with van der Waals surface area (Å²) >= 11 is 0. The number of nitrogens with one attached hydrogen (secondary N) is 1. The van der Waals surface area contributed by atoms with Gasteiger partial charge in [-0.15, -0.1) is 0 Å². The third-order valence-corrected chi connectivity index (χ3v) is 3.93. The molecule has 1 N–H and O–H groups in total. The van der Waals surface area contributed by atoms with Crippen LogP contribution in [0.2, 0.25) is 0 Å². The van der Waals surface area contributed by atoms with Crippen molar-refractivity contribution in [1.29, 1.82) is 0 Å². The van der Waals surface area contributed by atoms with Crippen molar-refractivity contribution in [3.63, 3.8) is 0 Å². The SMILES string of the molecule is CNCC(C)(OC)C1CCCN(C(=O)OC(C)(C)C)C1. The van der Waals surface area contributed by atoms with Crippen molar-refractivity contribution in [3.05, 3.63) is 0 Å². The molecule has 2 atom stereocenters. The summed E-state index contributed by atoms with van der Waals surface area (Å²) in [5.74, 6) is 0.321. The summed E-state index contributed by atoms with van der Waals surface area (Å²) < 4.78 is 11.2. The van der Waals surface area contributed by atoms with Gasteiger partial charge in [-0.1, -0.05) is 0 Å². The van der Waals surface area contributed by atoms with Gasteiger partial charge in [-0.25, -0.2) is 4.79 Å². The molecule has 0 spiro atoms. The number of ether oxygens (including phenoxy) is 2. The molecular formula is C15H30N2O3. The first-order valence-corrected chi connectivity index (χ1v) is 7.39. The van der Waals surface area contributed by atoms with Crippen molar-refractivity contribution in [2.75, 3.05) is 33.8 Å². The molecule has 0 aromatic rings. The van der Waals surface area contributed by atoms with Gasteiger partial charge in [-0.05, 0) is 47.6 Å². The third kappa shape index (κ3) is 4.63. The third-order valence-electron chi connectivity index (χ3n) is 3.93. The van der Waals surface area contributed by atoms with Crippen LogP contribution in [0.3, 0.4) is 0 Å². The lowest BCUT2D eigenvalue weighted by atomic mass is 9.82. The van der Waals surface area contributed by atoms with Gasteiger partial charge in [0.05, 0.1) is 5.60 Å². The number of likely N-dealkylation sites (N-methyl/N-ethyl adjacent to an activating group) is 1. The Bertz CT molecular complexity index is 328. The molecular weight excluding hydrogens is 256 g/mol. The Labute approximate surface area is 123 Å². The largest absolute Gasteiger partial charge is 0.444 e. The number of hydrogen-bond donors (Lipinski definition) is 1. The normalized spacial score (nSPS) is 23.3. The van der Waals surface area contributed by atoms with Gasteiger partial charge < -0.3 is 19.7 Å². The predicted octanol–water partition coefficient (Wildman–Crippen LogP) is 2.26. The molecule has 20 heavy (non-hydrogen) atoms. The fraction of sp³-hybridized carbons (Fsp3) is 0.933. The summed E-state index contributed by atoms with van der Waals surface area (Å²) in [7, 11) is 3.66. The van der Waals surface area contributed by atoms with E-state index in [0.29, 0.717) is 12.5 Å². The van der Waals surface area contributed by atoms with Gasteiger partial charge in [0.15, 0.2) is 0 Å². The van der Waals surface area contributed by atoms with Crippen molar-refractivity contribution < 1.29 is 14.3 Å². The molecule has 5 nitrogen and oxygen atoms in total. The molecule has 0 aromatic heterocycles. The maximum absolute atomic E-state index is 12.2. The van der Waals surface area contributed by atoms with Gasteiger partial charge >= 0.3 is 6.09 Å². The van der Waals surface area contributed by atoms with Crippen molar-refractivity contribution in [2.24, 2.45) is 5.92 Å². The van der Waals surface area contributed by atoms with Crippen LogP contribution in [-0.4, -0.2) is 56.0 Å². The van der Waals surface area contributed by atoms with Crippen LogP contribution in [-0.2, 0) is 9.47 Å². The Morgan fingerprint density at radius 2 is 2.00 bits per heavy atom. The van der Waals surface area contributed by atoms with Crippen LogP contribution in [0, 0.1) is 5.92 Å². The van der Waals surface area contributed by atoms with Crippen molar-refractivity contribution >= 4 is 6.09 Å². The monoisotopic (exact) mass is 286 g/mol. The molecule has 1 aliphatic heterocycles. The number of carbonyl (C=O) groups is 1. The van der Waals surface area contributed by atoms with Gasteiger partial charge in [0.25, 0.3) is 0 Å². The Balaban J connectivity index is 2.68. The fourth-order valence-electron chi connectivity index (χ4n) is 2.70. The lowest BCUT2D eigenvalue weighted by Crippen LogP contribution is -2.53. The van der Waals surface area contributed by atoms with Crippen LogP contribution in [0.4, 0.5) is 4.79 Å². The number of likely N-dealkylation sites (tertiary alicyclic amines) is 1. The average molecular weight is 286 g/mol. The topological polar surface area (TPSA) is 50.8 Å². The molecule has 1 aliphatic rings. The highest BCUT2D eigenvalue weighted by Crippen LogP contribution is 2.30. The van der Waals surface area contributed by atoms with Crippen molar-refractivity contribution in [2.45, 2.75) is 51.7 Å². The van der Waals surface area contributed by atoms with E-state index >= 15 is 0 Å². The second-order valence-electron chi connectivity index (χ2n) is 6.81. The molecule has 0 saturated carbocycles. The zero-order valence-electron chi connectivity index (χ0n) is 13.8. The van der Waals surface area contributed by atoms with E-state index in [-0.39, 0.29) is 11.7 Å². The molecule has 0 bridgehead atoms. The summed E-state index contributed by atoms with van der Waals surface area (Å²) in [5, 5.41) is 3.18. The fourth-order valence-corrected chi connectivity index (χ4v) is 2.70. The standard InChI is InChI=1S/C15H30N2O3/c1-14(2,3)20-13(18)17-9-7-8-12(10-17)15(4,19-6)11-16-5/h12,16H,7-11H2,1-6H3. The summed E-state index contributed by atoms with van der Waals surface area (Å²) in [5.41, 5.74) is -0.699. The number of methoxy groups -OCH3 is 1. The van der Waals surface area contributed by atoms with E-state index in [9.17, 15) is 4.79 Å². The maximum atomic E-state index is 12.2. The molecule has 1 heterocycles. The minimum Gasteiger partial charge on any atom is -0.444 e. The van der Waals surface area contributed by atoms with E-state index in [4.69, 9.17) is 9.47 Å². The first-order chi connectivity index (χ1) is 9.22. The van der Waals surface area contributed by atoms with E-state index in [2.05, 4.69) is 12.2 Å². The van der Waals surface area contributed by atoms with E-state index in [1.807, 2.05) is 32.7 Å². The average Bonchev–Trinajstić information content (AvgIpc) is 2.37. The van der Waals surface area contributed by atoms with Crippen LogP contribution in [0.25, 0.3) is 0 Å². The van der Waals surface area contributed by atoms with Crippen LogP contribution >= 0.6 is 0 Å². The highest BCUT2D eigenvalue weighted by Gasteiger charge is 2.38. The highest BCUT2D eigenvalue weighted by atomic mass is 16.6. The lowest BCUT2D eigenvalue weighted by molar-refractivity contribution is -0.0656. The summed E-state index contributed by atoms with van der Waals surface area (Å²) in [6.07, 6.45) is 1.85. The lowest BCUT2D eigenvalue weighted by Gasteiger charge is -2.42. The minimum absolute atomic E-state index is 0.217. The Hall–Kier alpha value is -0.810. The van der Waals surface area contributed by atoms with E-state index < -0.39 is 5.60 Å². The van der Waals surface area contributed by atoms with E-state index in [1.54, 1.807) is 7.11 Å². The molecule has 5 heteroatoms.